The third-order valence-corrected chi connectivity index (χ3v) is 11.8. The molecule has 1 aliphatic rings. The number of hydrogen-bond acceptors (Lipinski definition) is 7. The maximum atomic E-state index is 12.5. The first-order valence-corrected chi connectivity index (χ1v) is 20.6. The van der Waals surface area contributed by atoms with Gasteiger partial charge in [-0.15, -0.1) is 0 Å². The number of para-hydroxylation sites is 3. The maximum absolute atomic E-state index is 12.5. The number of fused-ring (bicyclic) bond motifs is 10. The molecule has 296 valence electrons. The SMILES string of the molecule is Cc1cc2c(O)c(c1)Cc1cc(S(=O)(=O)O)cc(c1O)Cc1cccc(c1O)Cc1cccc(c1O)Cc1cc(/C=C/c3cc[n+](-c4ccccc4)cc3)cc(c1O)C2. The molecule has 0 spiro atoms. The number of phenols is 5. The van der Waals surface area contributed by atoms with Gasteiger partial charge < -0.3 is 25.5 Å². The lowest BCUT2D eigenvalue weighted by Gasteiger charge is -2.18. The number of nitrogens with zero attached hydrogens (tertiary/aromatic N) is 1. The van der Waals surface area contributed by atoms with Crippen LogP contribution in [0.15, 0.2) is 133 Å². The highest BCUT2D eigenvalue weighted by atomic mass is 32.2. The molecule has 8 rings (SSSR count). The number of aryl methyl sites for hydroxylation is 1. The average Bonchev–Trinajstić information content (AvgIpc) is 3.21. The van der Waals surface area contributed by atoms with Crippen molar-refractivity contribution < 1.29 is 43.1 Å². The molecule has 1 heterocycles. The van der Waals surface area contributed by atoms with E-state index in [9.17, 15) is 38.5 Å². The van der Waals surface area contributed by atoms with Gasteiger partial charge >= 0.3 is 0 Å². The molecule has 0 amide bonds. The van der Waals surface area contributed by atoms with Gasteiger partial charge in [-0.25, -0.2) is 0 Å². The Labute approximate surface area is 342 Å². The average molecular weight is 805 g/mol. The lowest BCUT2D eigenvalue weighted by molar-refractivity contribution is -0.595. The minimum absolute atomic E-state index is 0.000845. The second kappa shape index (κ2) is 15.8. The fourth-order valence-electron chi connectivity index (χ4n) is 7.90. The van der Waals surface area contributed by atoms with Crippen LogP contribution < -0.4 is 4.57 Å². The van der Waals surface area contributed by atoms with Gasteiger partial charge in [-0.3, -0.25) is 4.55 Å². The number of hydrogen-bond donors (Lipinski definition) is 6. The van der Waals surface area contributed by atoms with Crippen molar-refractivity contribution in [2.24, 2.45) is 0 Å². The van der Waals surface area contributed by atoms with Gasteiger partial charge in [-0.2, -0.15) is 13.0 Å². The van der Waals surface area contributed by atoms with Gasteiger partial charge in [-0.05, 0) is 86.8 Å². The standard InChI is InChI=1S/C49H41NO8S/c1-30-19-37-26-40-22-32(14-13-31-15-17-50(18-16-31)43-11-3-2-4-12-43)21-39(48(40)54)24-35-9-5-7-33(45(35)51)23-34-8-6-10-36(46(34)52)25-41-28-44(59(56,57)58)29-42(49(41)55)27-38(20-30)47(37)53/h2-22,28-29H,23-27H2,1H3,(H5,51,52,53,55,56,57,58)/p+1. The molecule has 0 aliphatic heterocycles. The molecule has 0 radical (unpaired) electrons. The molecular formula is C49H42NO8S+. The second-order valence-corrected chi connectivity index (χ2v) is 16.5. The van der Waals surface area contributed by atoms with E-state index in [0.717, 1.165) is 22.4 Å². The van der Waals surface area contributed by atoms with Gasteiger partial charge in [0.2, 0.25) is 5.69 Å². The fourth-order valence-corrected chi connectivity index (χ4v) is 8.48. The van der Waals surface area contributed by atoms with Crippen LogP contribution in [0.5, 0.6) is 28.7 Å². The Morgan fingerprint density at radius 3 is 1.29 bits per heavy atom. The molecule has 0 saturated carbocycles. The van der Waals surface area contributed by atoms with Crippen molar-refractivity contribution in [1.29, 1.82) is 0 Å². The van der Waals surface area contributed by atoms with Gasteiger partial charge in [-0.1, -0.05) is 84.4 Å². The third-order valence-electron chi connectivity index (χ3n) is 10.9. The molecule has 1 aromatic heterocycles. The van der Waals surface area contributed by atoms with Crippen LogP contribution in [-0.4, -0.2) is 38.5 Å². The normalized spacial score (nSPS) is 13.0. The van der Waals surface area contributed by atoms with Crippen LogP contribution in [0.4, 0.5) is 0 Å². The maximum Gasteiger partial charge on any atom is 0.294 e. The molecule has 59 heavy (non-hydrogen) atoms. The van der Waals surface area contributed by atoms with Crippen molar-refractivity contribution >= 4 is 22.3 Å². The topological polar surface area (TPSA) is 159 Å². The fraction of sp³-hybridized carbons (Fsp3) is 0.122. The van der Waals surface area contributed by atoms with Gasteiger partial charge in [0.05, 0.1) is 4.90 Å². The number of rotatable bonds is 4. The van der Waals surface area contributed by atoms with E-state index >= 15 is 0 Å². The van der Waals surface area contributed by atoms with Gasteiger partial charge in [0.25, 0.3) is 10.1 Å². The van der Waals surface area contributed by atoms with E-state index in [4.69, 9.17) is 0 Å². The zero-order valence-corrected chi connectivity index (χ0v) is 33.0. The predicted octanol–water partition coefficient (Wildman–Crippen LogP) is 8.48. The number of aromatic hydroxyl groups is 5. The highest BCUT2D eigenvalue weighted by molar-refractivity contribution is 7.85. The Balaban J connectivity index is 1.28. The first-order chi connectivity index (χ1) is 28.3. The molecule has 6 N–H and O–H groups in total. The van der Waals surface area contributed by atoms with E-state index in [1.165, 1.54) is 12.1 Å². The lowest BCUT2D eigenvalue weighted by Crippen LogP contribution is -2.28. The van der Waals surface area contributed by atoms with E-state index in [2.05, 4.69) is 0 Å². The molecule has 0 saturated heterocycles. The Morgan fingerprint density at radius 1 is 0.458 bits per heavy atom. The van der Waals surface area contributed by atoms with Crippen LogP contribution in [0.3, 0.4) is 0 Å². The van der Waals surface area contributed by atoms with Crippen molar-refractivity contribution in [3.8, 4) is 34.4 Å². The zero-order valence-electron chi connectivity index (χ0n) is 32.2. The molecule has 9 nitrogen and oxygen atoms in total. The van der Waals surface area contributed by atoms with E-state index in [0.29, 0.717) is 44.5 Å². The van der Waals surface area contributed by atoms with Crippen molar-refractivity contribution in [3.05, 3.63) is 200 Å². The number of pyridine rings is 1. The quantitative estimate of drug-likeness (QED) is 0.0764. The van der Waals surface area contributed by atoms with Crippen LogP contribution in [-0.2, 0) is 42.2 Å². The molecule has 6 aromatic carbocycles. The third kappa shape index (κ3) is 8.27. The summed E-state index contributed by atoms with van der Waals surface area (Å²) in [7, 11) is -4.72. The molecule has 1 aliphatic carbocycles. The van der Waals surface area contributed by atoms with Crippen molar-refractivity contribution in [3.63, 3.8) is 0 Å². The second-order valence-electron chi connectivity index (χ2n) is 15.1. The highest BCUT2D eigenvalue weighted by Gasteiger charge is 2.23. The number of benzene rings is 6. The summed E-state index contributed by atoms with van der Waals surface area (Å²) in [5.41, 5.74) is 7.73. The van der Waals surface area contributed by atoms with Crippen molar-refractivity contribution in [1.82, 2.24) is 0 Å². The van der Waals surface area contributed by atoms with Crippen LogP contribution in [0.1, 0.15) is 72.3 Å². The minimum atomic E-state index is -4.72. The van der Waals surface area contributed by atoms with Gasteiger partial charge in [0.15, 0.2) is 12.4 Å². The molecule has 7 aromatic rings. The molecule has 10 heteroatoms. The lowest BCUT2D eigenvalue weighted by atomic mass is 9.90. The Kier molecular flexibility index (Phi) is 10.4. The summed E-state index contributed by atoms with van der Waals surface area (Å²) in [6.07, 6.45) is 8.16. The minimum Gasteiger partial charge on any atom is -0.507 e. The van der Waals surface area contributed by atoms with Crippen molar-refractivity contribution in [2.45, 2.75) is 43.9 Å². The molecule has 0 fully saturated rings. The Bertz CT molecular complexity index is 2890. The largest absolute Gasteiger partial charge is 0.507 e. The van der Waals surface area contributed by atoms with E-state index < -0.39 is 15.0 Å². The highest BCUT2D eigenvalue weighted by Crippen LogP contribution is 2.39. The smallest absolute Gasteiger partial charge is 0.294 e. The van der Waals surface area contributed by atoms with Gasteiger partial charge in [0, 0.05) is 67.5 Å². The Morgan fingerprint density at radius 2 is 0.831 bits per heavy atom. The van der Waals surface area contributed by atoms with E-state index in [1.54, 1.807) is 36.4 Å². The Hall–Kier alpha value is -6.88. The zero-order chi connectivity index (χ0) is 41.4. The monoisotopic (exact) mass is 804 g/mol. The summed E-state index contributed by atoms with van der Waals surface area (Å²) in [5, 5.41) is 58.4. The van der Waals surface area contributed by atoms with Crippen LogP contribution in [0.2, 0.25) is 0 Å². The first-order valence-electron chi connectivity index (χ1n) is 19.1. The summed E-state index contributed by atoms with van der Waals surface area (Å²) >= 11 is 0. The van der Waals surface area contributed by atoms with Crippen molar-refractivity contribution in [2.75, 3.05) is 0 Å². The molecular weight excluding hydrogens is 763 g/mol. The predicted molar refractivity (Wildman–Crippen MR) is 226 cm³/mol. The van der Waals surface area contributed by atoms with Crippen LogP contribution in [0, 0.1) is 6.92 Å². The summed E-state index contributed by atoms with van der Waals surface area (Å²) in [6, 6.07) is 34.1. The molecule has 10 bridgehead atoms. The van der Waals surface area contributed by atoms with Crippen LogP contribution >= 0.6 is 0 Å². The first kappa shape index (κ1) is 39.0. The summed E-state index contributed by atoms with van der Waals surface area (Å²) in [5.74, 6) is -0.438. The number of phenolic OH excluding ortho intramolecular Hbond substituents is 5. The van der Waals surface area contributed by atoms with E-state index in [1.807, 2.05) is 103 Å². The summed E-state index contributed by atoms with van der Waals surface area (Å²) < 4.78 is 37.1. The van der Waals surface area contributed by atoms with Gasteiger partial charge in [0.1, 0.15) is 28.7 Å². The van der Waals surface area contributed by atoms with E-state index in [-0.39, 0.29) is 72.0 Å². The summed E-state index contributed by atoms with van der Waals surface area (Å²) in [4.78, 5) is -0.444. The van der Waals surface area contributed by atoms with Crippen LogP contribution in [0.25, 0.3) is 17.8 Å². The molecule has 0 unspecified atom stereocenters. The molecule has 0 atom stereocenters. The number of aromatic nitrogens is 1. The summed E-state index contributed by atoms with van der Waals surface area (Å²) in [6.45, 7) is 1.85.